The second-order valence-corrected chi connectivity index (χ2v) is 4.71. The summed E-state index contributed by atoms with van der Waals surface area (Å²) in [5.74, 6) is 0.468. The Labute approximate surface area is 126 Å². The van der Waals surface area contributed by atoms with Crippen molar-refractivity contribution >= 4 is 11.6 Å². The van der Waals surface area contributed by atoms with Gasteiger partial charge < -0.3 is 9.47 Å². The molecule has 6 heteroatoms. The first-order chi connectivity index (χ1) is 10.6. The molecule has 0 unspecified atom stereocenters. The Morgan fingerprint density at radius 3 is 2.55 bits per heavy atom. The molecule has 0 aromatic heterocycles. The molecule has 1 amide bonds. The van der Waals surface area contributed by atoms with Crippen molar-refractivity contribution in [2.75, 3.05) is 6.79 Å². The number of carbonyl (C=O) groups excluding carboxylic acids is 1. The third-order valence-electron chi connectivity index (χ3n) is 3.22. The van der Waals surface area contributed by atoms with Crippen molar-refractivity contribution < 1.29 is 18.7 Å². The zero-order chi connectivity index (χ0) is 15.5. The van der Waals surface area contributed by atoms with Gasteiger partial charge >= 0.3 is 0 Å². The van der Waals surface area contributed by atoms with Gasteiger partial charge in [0, 0.05) is 5.56 Å². The van der Waals surface area contributed by atoms with Gasteiger partial charge in [0.1, 0.15) is 5.82 Å². The highest BCUT2D eigenvalue weighted by molar-refractivity contribution is 6.01. The summed E-state index contributed by atoms with van der Waals surface area (Å²) in [4.78, 5) is 12.1. The average Bonchev–Trinajstić information content (AvgIpc) is 3.00. The van der Waals surface area contributed by atoms with Crippen LogP contribution in [0.2, 0.25) is 0 Å². The molecule has 112 valence electrons. The summed E-state index contributed by atoms with van der Waals surface area (Å²) in [6.07, 6.45) is 0. The molecule has 1 aliphatic heterocycles. The van der Waals surface area contributed by atoms with Crippen molar-refractivity contribution in [1.82, 2.24) is 5.43 Å². The number of ether oxygens (including phenoxy) is 2. The van der Waals surface area contributed by atoms with Gasteiger partial charge in [0.2, 0.25) is 6.79 Å². The zero-order valence-electron chi connectivity index (χ0n) is 11.8. The van der Waals surface area contributed by atoms with E-state index in [9.17, 15) is 9.18 Å². The fourth-order valence-electron chi connectivity index (χ4n) is 1.99. The van der Waals surface area contributed by atoms with E-state index in [-0.39, 0.29) is 18.5 Å². The molecule has 0 radical (unpaired) electrons. The quantitative estimate of drug-likeness (QED) is 0.700. The first-order valence-electron chi connectivity index (χ1n) is 6.64. The summed E-state index contributed by atoms with van der Waals surface area (Å²) in [6.45, 7) is 1.88. The van der Waals surface area contributed by atoms with E-state index in [2.05, 4.69) is 10.5 Å². The fraction of sp³-hybridized carbons (Fsp3) is 0.125. The maximum atomic E-state index is 12.9. The molecule has 0 saturated heterocycles. The number of halogens is 1. The van der Waals surface area contributed by atoms with Crippen LogP contribution < -0.4 is 14.9 Å². The number of nitrogens with zero attached hydrogens (tertiary/aromatic N) is 1. The van der Waals surface area contributed by atoms with Gasteiger partial charge in [-0.3, -0.25) is 4.79 Å². The molecule has 2 aromatic carbocycles. The highest BCUT2D eigenvalue weighted by atomic mass is 19.1. The lowest BCUT2D eigenvalue weighted by Gasteiger charge is -2.04. The van der Waals surface area contributed by atoms with E-state index >= 15 is 0 Å². The maximum absolute atomic E-state index is 12.9. The van der Waals surface area contributed by atoms with Crippen LogP contribution in [-0.2, 0) is 0 Å². The molecule has 0 spiro atoms. The van der Waals surface area contributed by atoms with Crippen LogP contribution >= 0.6 is 0 Å². The van der Waals surface area contributed by atoms with Gasteiger partial charge in [0.15, 0.2) is 11.5 Å². The summed E-state index contributed by atoms with van der Waals surface area (Å²) >= 11 is 0. The molecule has 2 aromatic rings. The van der Waals surface area contributed by atoms with Crippen LogP contribution in [0, 0.1) is 5.82 Å². The molecule has 1 aliphatic rings. The van der Waals surface area contributed by atoms with Gasteiger partial charge in [0.05, 0.1) is 5.71 Å². The molecule has 0 fully saturated rings. The van der Waals surface area contributed by atoms with Crippen molar-refractivity contribution in [1.29, 1.82) is 0 Å². The second kappa shape index (κ2) is 5.85. The smallest absolute Gasteiger partial charge is 0.271 e. The number of nitrogens with one attached hydrogen (secondary N) is 1. The Kier molecular flexibility index (Phi) is 3.74. The lowest BCUT2D eigenvalue weighted by Crippen LogP contribution is -2.19. The molecule has 1 N–H and O–H groups in total. The number of hydrogen-bond donors (Lipinski definition) is 1. The molecule has 5 nitrogen and oxygen atoms in total. The van der Waals surface area contributed by atoms with Gasteiger partial charge in [-0.15, -0.1) is 0 Å². The van der Waals surface area contributed by atoms with Crippen LogP contribution in [0.5, 0.6) is 11.5 Å². The number of hydrazone groups is 1. The average molecular weight is 300 g/mol. The van der Waals surface area contributed by atoms with Gasteiger partial charge in [-0.2, -0.15) is 5.10 Å². The Hall–Kier alpha value is -2.89. The van der Waals surface area contributed by atoms with E-state index in [1.54, 1.807) is 37.3 Å². The van der Waals surface area contributed by atoms with Crippen LogP contribution in [0.1, 0.15) is 22.8 Å². The van der Waals surface area contributed by atoms with E-state index in [1.807, 2.05) is 0 Å². The number of hydrogen-bond acceptors (Lipinski definition) is 4. The summed E-state index contributed by atoms with van der Waals surface area (Å²) in [6, 6.07) is 10.8. The summed E-state index contributed by atoms with van der Waals surface area (Å²) in [5, 5.41) is 4.02. The Balaban J connectivity index is 1.71. The highest BCUT2D eigenvalue weighted by Gasteiger charge is 2.16. The third kappa shape index (κ3) is 2.90. The van der Waals surface area contributed by atoms with Crippen molar-refractivity contribution in [2.45, 2.75) is 6.92 Å². The van der Waals surface area contributed by atoms with Gasteiger partial charge in [-0.25, -0.2) is 9.82 Å². The standard InChI is InChI=1S/C16H13FN2O3/c1-10(11-2-5-13(17)6-3-11)18-19-16(20)12-4-7-14-15(8-12)22-9-21-14/h2-8H,9H2,1H3,(H,19,20)/b18-10+. The Morgan fingerprint density at radius 1 is 1.09 bits per heavy atom. The molecular weight excluding hydrogens is 287 g/mol. The SMILES string of the molecule is C/C(=N\NC(=O)c1ccc2c(c1)OCO2)c1ccc(F)cc1. The summed E-state index contributed by atoms with van der Waals surface area (Å²) in [7, 11) is 0. The molecular formula is C16H13FN2O3. The molecule has 0 atom stereocenters. The largest absolute Gasteiger partial charge is 0.454 e. The Morgan fingerprint density at radius 2 is 1.77 bits per heavy atom. The van der Waals surface area contributed by atoms with E-state index < -0.39 is 0 Å². The minimum absolute atomic E-state index is 0.155. The lowest BCUT2D eigenvalue weighted by atomic mass is 10.1. The molecule has 0 bridgehead atoms. The van der Waals surface area contributed by atoms with Crippen LogP contribution in [0.3, 0.4) is 0 Å². The van der Waals surface area contributed by atoms with Crippen LogP contribution in [0.25, 0.3) is 0 Å². The first kappa shape index (κ1) is 14.1. The minimum atomic E-state index is -0.361. The molecule has 3 rings (SSSR count). The topological polar surface area (TPSA) is 59.9 Å². The highest BCUT2D eigenvalue weighted by Crippen LogP contribution is 2.32. The van der Waals surface area contributed by atoms with Crippen molar-refractivity contribution in [3.63, 3.8) is 0 Å². The van der Waals surface area contributed by atoms with Crippen LogP contribution in [0.15, 0.2) is 47.6 Å². The van der Waals surface area contributed by atoms with E-state index in [0.29, 0.717) is 22.8 Å². The number of rotatable bonds is 3. The van der Waals surface area contributed by atoms with Gasteiger partial charge in [-0.05, 0) is 42.8 Å². The summed E-state index contributed by atoms with van der Waals surface area (Å²) in [5.41, 5.74) is 4.19. The van der Waals surface area contributed by atoms with Crippen molar-refractivity contribution in [3.8, 4) is 11.5 Å². The van der Waals surface area contributed by atoms with E-state index in [4.69, 9.17) is 9.47 Å². The molecule has 0 saturated carbocycles. The van der Waals surface area contributed by atoms with E-state index in [0.717, 1.165) is 5.56 Å². The number of carbonyl (C=O) groups is 1. The number of amides is 1. The molecule has 0 aliphatic carbocycles. The minimum Gasteiger partial charge on any atom is -0.454 e. The zero-order valence-corrected chi connectivity index (χ0v) is 11.8. The normalized spacial score (nSPS) is 13.1. The van der Waals surface area contributed by atoms with E-state index in [1.165, 1.54) is 12.1 Å². The van der Waals surface area contributed by atoms with Crippen molar-refractivity contribution in [3.05, 3.63) is 59.4 Å². The predicted octanol–water partition coefficient (Wildman–Crippen LogP) is 2.71. The number of benzene rings is 2. The molecule has 1 heterocycles. The van der Waals surface area contributed by atoms with Crippen LogP contribution in [0.4, 0.5) is 4.39 Å². The van der Waals surface area contributed by atoms with Gasteiger partial charge in [0.25, 0.3) is 5.91 Å². The van der Waals surface area contributed by atoms with Crippen molar-refractivity contribution in [2.24, 2.45) is 5.10 Å². The predicted molar refractivity (Wildman–Crippen MR) is 78.6 cm³/mol. The third-order valence-corrected chi connectivity index (χ3v) is 3.22. The molecule has 22 heavy (non-hydrogen) atoms. The van der Waals surface area contributed by atoms with Crippen LogP contribution in [-0.4, -0.2) is 18.4 Å². The first-order valence-corrected chi connectivity index (χ1v) is 6.64. The number of fused-ring (bicyclic) bond motifs is 1. The van der Waals surface area contributed by atoms with Gasteiger partial charge in [-0.1, -0.05) is 12.1 Å². The second-order valence-electron chi connectivity index (χ2n) is 4.71. The lowest BCUT2D eigenvalue weighted by molar-refractivity contribution is 0.0954. The maximum Gasteiger partial charge on any atom is 0.271 e. The summed E-state index contributed by atoms with van der Waals surface area (Å²) < 4.78 is 23.3. The Bertz CT molecular complexity index is 742. The monoisotopic (exact) mass is 300 g/mol. The fourth-order valence-corrected chi connectivity index (χ4v) is 1.99.